The number of nitrogens with one attached hydrogen (secondary N) is 1. The van der Waals surface area contributed by atoms with Crippen LogP contribution in [0.5, 0.6) is 5.75 Å². The third-order valence-corrected chi connectivity index (χ3v) is 8.64. The van der Waals surface area contributed by atoms with Crippen molar-refractivity contribution in [3.63, 3.8) is 0 Å². The van der Waals surface area contributed by atoms with Crippen LogP contribution in [0.15, 0.2) is 85.2 Å². The van der Waals surface area contributed by atoms with E-state index in [0.29, 0.717) is 23.6 Å². The SMILES string of the molecule is CCOc1ccc(-n2cccc2[C@@H]2[C@H](c3ccccn3)NC(=S)N2c2ccc(N3C[C@H](C)C[C@@H](C)C3)c(Cl)c2)cc1. The van der Waals surface area contributed by atoms with Gasteiger partial charge in [0.15, 0.2) is 5.11 Å². The van der Waals surface area contributed by atoms with Gasteiger partial charge in [-0.25, -0.2) is 0 Å². The molecule has 2 aromatic carbocycles. The largest absolute Gasteiger partial charge is 0.494 e. The van der Waals surface area contributed by atoms with Crippen molar-refractivity contribution in [1.82, 2.24) is 14.9 Å². The molecule has 4 atom stereocenters. The molecular formula is C33H36ClN5OS. The van der Waals surface area contributed by atoms with Crippen LogP contribution in [-0.4, -0.2) is 34.4 Å². The van der Waals surface area contributed by atoms with Crippen LogP contribution < -0.4 is 19.9 Å². The van der Waals surface area contributed by atoms with E-state index in [0.717, 1.165) is 52.3 Å². The number of rotatable bonds is 7. The molecule has 0 radical (unpaired) electrons. The molecule has 2 fully saturated rings. The predicted molar refractivity (Wildman–Crippen MR) is 171 cm³/mol. The first-order valence-corrected chi connectivity index (χ1v) is 15.2. The van der Waals surface area contributed by atoms with Gasteiger partial charge in [-0.15, -0.1) is 0 Å². The lowest BCUT2D eigenvalue weighted by atomic mass is 9.91. The van der Waals surface area contributed by atoms with Crippen molar-refractivity contribution in [1.29, 1.82) is 0 Å². The molecule has 41 heavy (non-hydrogen) atoms. The van der Waals surface area contributed by atoms with E-state index in [2.05, 4.69) is 88.3 Å². The Labute approximate surface area is 252 Å². The first-order chi connectivity index (χ1) is 19.9. The maximum atomic E-state index is 7.02. The second kappa shape index (κ2) is 11.7. The van der Waals surface area contributed by atoms with Crippen LogP contribution in [0, 0.1) is 11.8 Å². The number of aromatic nitrogens is 2. The Hall–Kier alpha value is -3.55. The molecule has 4 aromatic rings. The summed E-state index contributed by atoms with van der Waals surface area (Å²) in [6.45, 7) is 9.31. The highest BCUT2D eigenvalue weighted by Crippen LogP contribution is 2.44. The Morgan fingerprint density at radius 3 is 2.41 bits per heavy atom. The van der Waals surface area contributed by atoms with Gasteiger partial charge in [0.2, 0.25) is 0 Å². The maximum absolute atomic E-state index is 7.02. The quantitative estimate of drug-likeness (QED) is 0.226. The van der Waals surface area contributed by atoms with Gasteiger partial charge in [0.05, 0.1) is 29.1 Å². The predicted octanol–water partition coefficient (Wildman–Crippen LogP) is 7.58. The zero-order chi connectivity index (χ0) is 28.5. The number of pyridine rings is 1. The smallest absolute Gasteiger partial charge is 0.174 e. The number of hydrogen-bond donors (Lipinski definition) is 1. The fourth-order valence-electron chi connectivity index (χ4n) is 6.44. The maximum Gasteiger partial charge on any atom is 0.174 e. The first kappa shape index (κ1) is 27.6. The fourth-order valence-corrected chi connectivity index (χ4v) is 7.08. The molecule has 4 heterocycles. The molecule has 1 N–H and O–H groups in total. The van der Waals surface area contributed by atoms with Crippen molar-refractivity contribution in [3.05, 3.63) is 102 Å². The van der Waals surface area contributed by atoms with Gasteiger partial charge in [0.25, 0.3) is 0 Å². The van der Waals surface area contributed by atoms with Gasteiger partial charge >= 0.3 is 0 Å². The Morgan fingerprint density at radius 1 is 0.976 bits per heavy atom. The average Bonchev–Trinajstić information content (AvgIpc) is 3.58. The standard InChI is InChI=1S/C33H36ClN5OS/c1-4-40-26-13-10-24(11-14-26)38-17-7-9-30(38)32-31(28-8-5-6-16-35-28)36-33(41)39(32)25-12-15-29(27(34)19-25)37-20-22(2)18-23(3)21-37/h5-17,19,22-23,31-32H,4,18,20-21H2,1-3H3,(H,36,41)/t22-,23-,31+,32-/m1/s1. The zero-order valence-corrected chi connectivity index (χ0v) is 25.3. The lowest BCUT2D eigenvalue weighted by molar-refractivity contribution is 0.340. The highest BCUT2D eigenvalue weighted by Gasteiger charge is 2.42. The molecule has 0 amide bonds. The molecule has 6 nitrogen and oxygen atoms in total. The van der Waals surface area contributed by atoms with Crippen LogP contribution in [0.1, 0.15) is 50.7 Å². The van der Waals surface area contributed by atoms with Crippen molar-refractivity contribution in [3.8, 4) is 11.4 Å². The molecular weight excluding hydrogens is 550 g/mol. The van der Waals surface area contributed by atoms with Gasteiger partial charge in [0, 0.05) is 42.6 Å². The molecule has 2 saturated heterocycles. The van der Waals surface area contributed by atoms with Crippen molar-refractivity contribution in [2.75, 3.05) is 29.5 Å². The summed E-state index contributed by atoms with van der Waals surface area (Å²) in [7, 11) is 0. The molecule has 0 spiro atoms. The number of thiocarbonyl (C=S) groups is 1. The number of piperidine rings is 1. The van der Waals surface area contributed by atoms with Gasteiger partial charge in [-0.05, 0) is 104 Å². The van der Waals surface area contributed by atoms with Gasteiger partial charge in [0.1, 0.15) is 11.8 Å². The first-order valence-electron chi connectivity index (χ1n) is 14.4. The minimum Gasteiger partial charge on any atom is -0.494 e. The van der Waals surface area contributed by atoms with Gasteiger partial charge in [-0.3, -0.25) is 4.98 Å². The summed E-state index contributed by atoms with van der Waals surface area (Å²) < 4.78 is 7.89. The molecule has 212 valence electrons. The summed E-state index contributed by atoms with van der Waals surface area (Å²) in [6.07, 6.45) is 5.18. The summed E-state index contributed by atoms with van der Waals surface area (Å²) >= 11 is 13.0. The van der Waals surface area contributed by atoms with E-state index in [1.54, 1.807) is 0 Å². The van der Waals surface area contributed by atoms with Crippen LogP contribution >= 0.6 is 23.8 Å². The Bertz CT molecular complexity index is 1500. The molecule has 0 saturated carbocycles. The number of hydrogen-bond acceptors (Lipinski definition) is 4. The van der Waals surface area contributed by atoms with E-state index in [9.17, 15) is 0 Å². The minimum atomic E-state index is -0.157. The van der Waals surface area contributed by atoms with Crippen LogP contribution in [-0.2, 0) is 0 Å². The van der Waals surface area contributed by atoms with Crippen LogP contribution in [0.4, 0.5) is 11.4 Å². The Morgan fingerprint density at radius 2 is 1.73 bits per heavy atom. The molecule has 2 aliphatic heterocycles. The van der Waals surface area contributed by atoms with Crippen molar-refractivity contribution < 1.29 is 4.74 Å². The topological polar surface area (TPSA) is 45.6 Å². The van der Waals surface area contributed by atoms with Crippen LogP contribution in [0.3, 0.4) is 0 Å². The van der Waals surface area contributed by atoms with Crippen molar-refractivity contribution in [2.45, 2.75) is 39.3 Å². The number of ether oxygens (including phenoxy) is 1. The molecule has 0 aliphatic carbocycles. The molecule has 2 aliphatic rings. The highest BCUT2D eigenvalue weighted by atomic mass is 35.5. The molecule has 0 unspecified atom stereocenters. The fraction of sp³-hybridized carbons (Fsp3) is 0.333. The average molecular weight is 586 g/mol. The number of anilines is 2. The van der Waals surface area contributed by atoms with E-state index in [1.165, 1.54) is 6.42 Å². The lowest BCUT2D eigenvalue weighted by Gasteiger charge is -2.37. The molecule has 8 heteroatoms. The minimum absolute atomic E-state index is 0.151. The lowest BCUT2D eigenvalue weighted by Crippen LogP contribution is -2.38. The second-order valence-corrected chi connectivity index (χ2v) is 12.0. The molecule has 6 rings (SSSR count). The Balaban J connectivity index is 1.40. The molecule has 2 aromatic heterocycles. The third kappa shape index (κ3) is 5.53. The zero-order valence-electron chi connectivity index (χ0n) is 23.7. The highest BCUT2D eigenvalue weighted by molar-refractivity contribution is 7.80. The van der Waals surface area contributed by atoms with E-state index in [-0.39, 0.29) is 12.1 Å². The van der Waals surface area contributed by atoms with Gasteiger partial charge < -0.3 is 24.4 Å². The van der Waals surface area contributed by atoms with Crippen molar-refractivity contribution in [2.24, 2.45) is 11.8 Å². The summed E-state index contributed by atoms with van der Waals surface area (Å²) in [5, 5.41) is 4.97. The van der Waals surface area contributed by atoms with Gasteiger partial charge in [-0.1, -0.05) is 31.5 Å². The summed E-state index contributed by atoms with van der Waals surface area (Å²) in [5.41, 5.74) is 5.12. The van der Waals surface area contributed by atoms with E-state index < -0.39 is 0 Å². The third-order valence-electron chi connectivity index (χ3n) is 8.03. The Kier molecular flexibility index (Phi) is 7.91. The summed E-state index contributed by atoms with van der Waals surface area (Å²) in [6, 6.07) is 24.5. The normalized spacial score (nSPS) is 22.6. The number of benzene rings is 2. The van der Waals surface area contributed by atoms with Crippen molar-refractivity contribution >= 4 is 40.3 Å². The van der Waals surface area contributed by atoms with Crippen LogP contribution in [0.2, 0.25) is 5.02 Å². The van der Waals surface area contributed by atoms with E-state index in [1.807, 2.05) is 37.4 Å². The monoisotopic (exact) mass is 585 g/mol. The van der Waals surface area contributed by atoms with Gasteiger partial charge in [-0.2, -0.15) is 0 Å². The second-order valence-electron chi connectivity index (χ2n) is 11.2. The number of nitrogens with zero attached hydrogens (tertiary/aromatic N) is 4. The van der Waals surface area contributed by atoms with Crippen LogP contribution in [0.25, 0.3) is 5.69 Å². The van der Waals surface area contributed by atoms with E-state index >= 15 is 0 Å². The number of halogens is 1. The van der Waals surface area contributed by atoms with E-state index in [4.69, 9.17) is 33.5 Å². The summed E-state index contributed by atoms with van der Waals surface area (Å²) in [4.78, 5) is 9.33. The summed E-state index contributed by atoms with van der Waals surface area (Å²) in [5.74, 6) is 2.14. The molecule has 0 bridgehead atoms.